The highest BCUT2D eigenvalue weighted by molar-refractivity contribution is 4.53. The van der Waals surface area contributed by atoms with E-state index in [2.05, 4.69) is 6.92 Å². The van der Waals surface area contributed by atoms with Crippen molar-refractivity contribution in [1.82, 2.24) is 0 Å². The van der Waals surface area contributed by atoms with Gasteiger partial charge in [0.2, 0.25) is 0 Å². The predicted molar refractivity (Wildman–Crippen MR) is 16.7 cm³/mol. The van der Waals surface area contributed by atoms with E-state index < -0.39 is 5.79 Å². The summed E-state index contributed by atoms with van der Waals surface area (Å²) in [6.07, 6.45) is 0. The second-order valence-electron chi connectivity index (χ2n) is 1.18. The van der Waals surface area contributed by atoms with Crippen LogP contribution >= 0.6 is 0 Å². The summed E-state index contributed by atoms with van der Waals surface area (Å²) in [6.45, 7) is 3.85. The molecule has 0 aromatic heterocycles. The fraction of sp³-hybridized carbons (Fsp3) is 0.667. The molecule has 0 heterocycles. The van der Waals surface area contributed by atoms with Gasteiger partial charge in [0.15, 0.2) is 5.79 Å². The maximum Gasteiger partial charge on any atom is 0.196 e. The molecule has 0 aliphatic rings. The van der Waals surface area contributed by atoms with Crippen LogP contribution in [0.5, 0.6) is 0 Å². The zero-order valence-electron chi connectivity index (χ0n) is 3.06. The van der Waals surface area contributed by atoms with Gasteiger partial charge in [-0.05, 0) is 6.92 Å². The van der Waals surface area contributed by atoms with Gasteiger partial charge in [0, 0.05) is 6.92 Å². The molecular weight excluding hydrogens is 68.0 g/mol. The summed E-state index contributed by atoms with van der Waals surface area (Å²) in [5.41, 5.74) is 0. The smallest absolute Gasteiger partial charge is 0.196 e. The minimum atomic E-state index is -2.00. The molecule has 2 nitrogen and oxygen atoms in total. The van der Waals surface area contributed by atoms with Crippen molar-refractivity contribution in [2.45, 2.75) is 12.7 Å². The van der Waals surface area contributed by atoms with E-state index in [4.69, 9.17) is 5.11 Å². The highest BCUT2D eigenvalue weighted by Crippen LogP contribution is 1.89. The van der Waals surface area contributed by atoms with E-state index >= 15 is 0 Å². The lowest BCUT2D eigenvalue weighted by Crippen LogP contribution is -2.13. The van der Waals surface area contributed by atoms with Crippen molar-refractivity contribution in [1.29, 1.82) is 0 Å². The number of aliphatic hydroxyl groups is 1. The molecule has 0 spiro atoms. The third-order valence-corrected chi connectivity index (χ3v) is 0. The Hall–Kier alpha value is -0.0800. The molecule has 0 fully saturated rings. The number of hydrogen-bond donors (Lipinski definition) is 1. The fourth-order valence-electron chi connectivity index (χ4n) is 0. The summed E-state index contributed by atoms with van der Waals surface area (Å²) in [5, 5.41) is 17.4. The lowest BCUT2D eigenvalue weighted by Gasteiger charge is -1.98. The summed E-state index contributed by atoms with van der Waals surface area (Å²) >= 11 is 0. The summed E-state index contributed by atoms with van der Waals surface area (Å²) in [7, 11) is 0. The van der Waals surface area contributed by atoms with E-state index in [1.807, 2.05) is 0 Å². The van der Waals surface area contributed by atoms with Crippen molar-refractivity contribution in [2.24, 2.45) is 0 Å². The monoisotopic (exact) mass is 74.0 g/mol. The SMILES string of the molecule is [CH2]C(C)([O])O. The maximum absolute atomic E-state index is 9.55. The van der Waals surface area contributed by atoms with Crippen molar-refractivity contribution < 1.29 is 10.2 Å². The van der Waals surface area contributed by atoms with Gasteiger partial charge in [-0.3, -0.25) is 0 Å². The summed E-state index contributed by atoms with van der Waals surface area (Å²) in [4.78, 5) is 0. The topological polar surface area (TPSA) is 40.1 Å². The van der Waals surface area contributed by atoms with Gasteiger partial charge in [0.05, 0.1) is 0 Å². The van der Waals surface area contributed by atoms with E-state index in [9.17, 15) is 5.11 Å². The Morgan fingerprint density at radius 3 is 2.00 bits per heavy atom. The summed E-state index contributed by atoms with van der Waals surface area (Å²) < 4.78 is 0. The molecule has 0 aliphatic carbocycles. The molecule has 0 saturated carbocycles. The van der Waals surface area contributed by atoms with Crippen LogP contribution in [0, 0.1) is 6.92 Å². The third-order valence-electron chi connectivity index (χ3n) is 0. The Kier molecular flexibility index (Phi) is 0.938. The number of hydrogen-bond acceptors (Lipinski definition) is 1. The van der Waals surface area contributed by atoms with Crippen LogP contribution in [0.1, 0.15) is 6.92 Å². The third kappa shape index (κ3) is 2260. The van der Waals surface area contributed by atoms with Gasteiger partial charge in [-0.15, -0.1) is 0 Å². The quantitative estimate of drug-likeness (QED) is 0.402. The maximum atomic E-state index is 9.55. The molecule has 1 unspecified atom stereocenters. The summed E-state index contributed by atoms with van der Waals surface area (Å²) in [6, 6.07) is 0. The lowest BCUT2D eigenvalue weighted by atomic mass is 10.4. The molecule has 1 N–H and O–H groups in total. The highest BCUT2D eigenvalue weighted by atomic mass is 16.5. The van der Waals surface area contributed by atoms with Gasteiger partial charge < -0.3 is 5.11 Å². The van der Waals surface area contributed by atoms with E-state index in [-0.39, 0.29) is 0 Å². The zero-order chi connectivity index (χ0) is 4.50. The molecular formula is C3H6O2. The molecule has 0 rings (SSSR count). The first-order valence-electron chi connectivity index (χ1n) is 1.28. The van der Waals surface area contributed by atoms with Crippen LogP contribution < -0.4 is 0 Å². The fourth-order valence-corrected chi connectivity index (χ4v) is 0. The first kappa shape index (κ1) is 4.92. The lowest BCUT2D eigenvalue weighted by molar-refractivity contribution is -0.152. The van der Waals surface area contributed by atoms with Crippen LogP contribution in [-0.4, -0.2) is 10.9 Å². The molecule has 5 heavy (non-hydrogen) atoms. The van der Waals surface area contributed by atoms with Crippen LogP contribution in [0.15, 0.2) is 0 Å². The molecule has 0 bridgehead atoms. The average molecular weight is 74.1 g/mol. The molecule has 2 heteroatoms. The standard InChI is InChI=1S/C3H6O2/c1-3(2,4)5/h4H,1H2,2H3. The zero-order valence-corrected chi connectivity index (χ0v) is 3.06. The normalized spacial score (nSPS) is 12.0. The van der Waals surface area contributed by atoms with Gasteiger partial charge in [-0.25, -0.2) is 0 Å². The Balaban J connectivity index is 3.02. The largest absolute Gasteiger partial charge is 0.363 e. The number of rotatable bonds is 0. The Labute approximate surface area is 31.1 Å². The van der Waals surface area contributed by atoms with Crippen molar-refractivity contribution in [2.75, 3.05) is 0 Å². The minimum absolute atomic E-state index is 1.08. The van der Waals surface area contributed by atoms with E-state index in [0.29, 0.717) is 0 Å². The predicted octanol–water partition coefficient (Wildman–Crippen LogP) is -0.0405. The molecule has 0 amide bonds. The average Bonchev–Trinajstić information content (AvgIpc) is 0.722. The van der Waals surface area contributed by atoms with E-state index in [1.54, 1.807) is 0 Å². The van der Waals surface area contributed by atoms with Gasteiger partial charge in [-0.1, -0.05) is 0 Å². The van der Waals surface area contributed by atoms with Gasteiger partial charge >= 0.3 is 0 Å². The molecule has 0 aromatic carbocycles. The Morgan fingerprint density at radius 1 is 2.00 bits per heavy atom. The van der Waals surface area contributed by atoms with Crippen LogP contribution in [-0.2, 0) is 5.11 Å². The van der Waals surface area contributed by atoms with Gasteiger partial charge in [0.25, 0.3) is 0 Å². The van der Waals surface area contributed by atoms with E-state index in [0.717, 1.165) is 6.92 Å². The van der Waals surface area contributed by atoms with Crippen LogP contribution in [0.4, 0.5) is 0 Å². The minimum Gasteiger partial charge on any atom is -0.363 e. The summed E-state index contributed by atoms with van der Waals surface area (Å²) in [5.74, 6) is -2.00. The van der Waals surface area contributed by atoms with Crippen molar-refractivity contribution in [3.63, 3.8) is 0 Å². The second kappa shape index (κ2) is 0.954. The van der Waals surface area contributed by atoms with Crippen molar-refractivity contribution >= 4 is 0 Å². The molecule has 2 radical (unpaired) electrons. The van der Waals surface area contributed by atoms with E-state index in [1.165, 1.54) is 0 Å². The first-order valence-corrected chi connectivity index (χ1v) is 1.28. The molecule has 0 saturated heterocycles. The molecule has 0 aliphatic heterocycles. The van der Waals surface area contributed by atoms with Crippen molar-refractivity contribution in [3.8, 4) is 0 Å². The molecule has 0 aromatic rings. The molecule has 1 atom stereocenters. The van der Waals surface area contributed by atoms with Gasteiger partial charge in [0.1, 0.15) is 0 Å². The van der Waals surface area contributed by atoms with Crippen molar-refractivity contribution in [3.05, 3.63) is 6.92 Å². The first-order chi connectivity index (χ1) is 2.00. The van der Waals surface area contributed by atoms with Crippen LogP contribution in [0.3, 0.4) is 0 Å². The Morgan fingerprint density at radius 2 is 2.00 bits per heavy atom. The highest BCUT2D eigenvalue weighted by Gasteiger charge is 2.04. The molecule has 30 valence electrons. The van der Waals surface area contributed by atoms with Crippen LogP contribution in [0.2, 0.25) is 0 Å². The van der Waals surface area contributed by atoms with Gasteiger partial charge in [-0.2, -0.15) is 5.11 Å². The second-order valence-corrected chi connectivity index (χ2v) is 1.18. The Bertz CT molecular complexity index is 20.4. The van der Waals surface area contributed by atoms with Crippen LogP contribution in [0.25, 0.3) is 0 Å².